The van der Waals surface area contributed by atoms with Gasteiger partial charge in [0.2, 0.25) is 5.91 Å². The standard InChI is InChI=1S/C24H25N3O3S/c1-26(22-9-7-19(8-10-22)20-11-13-25-14-12-20)24(28)23(21-5-3-2-4-6-21)27-15-17-31(29,30)18-16-27/h2-14,23H,15-18H2,1H3. The van der Waals surface area contributed by atoms with Gasteiger partial charge < -0.3 is 4.90 Å². The Morgan fingerprint density at radius 1 is 0.903 bits per heavy atom. The van der Waals surface area contributed by atoms with Crippen molar-refractivity contribution in [1.82, 2.24) is 9.88 Å². The zero-order valence-electron chi connectivity index (χ0n) is 17.4. The molecule has 1 aliphatic heterocycles. The predicted molar refractivity (Wildman–Crippen MR) is 122 cm³/mol. The van der Waals surface area contributed by atoms with Gasteiger partial charge in [-0.05, 0) is 41.0 Å². The van der Waals surface area contributed by atoms with Gasteiger partial charge in [0.05, 0.1) is 11.5 Å². The summed E-state index contributed by atoms with van der Waals surface area (Å²) in [5.74, 6) is 0.0733. The molecule has 1 unspecified atom stereocenters. The number of pyridine rings is 1. The van der Waals surface area contributed by atoms with Crippen LogP contribution in [0.1, 0.15) is 11.6 Å². The van der Waals surface area contributed by atoms with E-state index in [1.54, 1.807) is 24.3 Å². The lowest BCUT2D eigenvalue weighted by molar-refractivity contribution is -0.123. The van der Waals surface area contributed by atoms with Crippen LogP contribution in [0, 0.1) is 0 Å². The molecule has 2 heterocycles. The summed E-state index contributed by atoms with van der Waals surface area (Å²) < 4.78 is 23.8. The molecule has 160 valence electrons. The van der Waals surface area contributed by atoms with Crippen LogP contribution in [0.25, 0.3) is 11.1 Å². The van der Waals surface area contributed by atoms with Crippen LogP contribution in [0.4, 0.5) is 5.69 Å². The molecular formula is C24H25N3O3S. The highest BCUT2D eigenvalue weighted by molar-refractivity contribution is 7.91. The maximum absolute atomic E-state index is 13.6. The number of nitrogens with zero attached hydrogens (tertiary/aromatic N) is 3. The van der Waals surface area contributed by atoms with Gasteiger partial charge in [0.1, 0.15) is 6.04 Å². The van der Waals surface area contributed by atoms with Crippen LogP contribution in [0.15, 0.2) is 79.1 Å². The third-order valence-electron chi connectivity index (χ3n) is 5.69. The van der Waals surface area contributed by atoms with Crippen molar-refractivity contribution >= 4 is 21.4 Å². The Hall–Kier alpha value is -3.03. The lowest BCUT2D eigenvalue weighted by Gasteiger charge is -2.35. The van der Waals surface area contributed by atoms with E-state index in [2.05, 4.69) is 4.98 Å². The third-order valence-corrected chi connectivity index (χ3v) is 7.30. The molecule has 7 heteroatoms. The molecule has 1 amide bonds. The summed E-state index contributed by atoms with van der Waals surface area (Å²) in [6.07, 6.45) is 3.50. The highest BCUT2D eigenvalue weighted by atomic mass is 32.2. The van der Waals surface area contributed by atoms with E-state index in [0.717, 1.165) is 22.4 Å². The molecule has 0 aliphatic carbocycles. The Balaban J connectivity index is 1.59. The number of rotatable bonds is 5. The molecule has 4 rings (SSSR count). The van der Waals surface area contributed by atoms with Crippen molar-refractivity contribution in [2.24, 2.45) is 0 Å². The van der Waals surface area contributed by atoms with Crippen LogP contribution in [-0.4, -0.2) is 55.9 Å². The largest absolute Gasteiger partial charge is 0.314 e. The zero-order valence-corrected chi connectivity index (χ0v) is 18.2. The number of hydrogen-bond donors (Lipinski definition) is 0. The minimum absolute atomic E-state index is 0.0773. The van der Waals surface area contributed by atoms with Gasteiger partial charge in [-0.25, -0.2) is 8.42 Å². The topological polar surface area (TPSA) is 70.6 Å². The van der Waals surface area contributed by atoms with Crippen LogP contribution in [-0.2, 0) is 14.6 Å². The van der Waals surface area contributed by atoms with Crippen molar-refractivity contribution in [2.75, 3.05) is 36.5 Å². The summed E-state index contributed by atoms with van der Waals surface area (Å²) in [7, 11) is -1.27. The van der Waals surface area contributed by atoms with E-state index in [1.165, 1.54) is 0 Å². The summed E-state index contributed by atoms with van der Waals surface area (Å²) in [6, 6.07) is 20.7. The maximum Gasteiger partial charge on any atom is 0.248 e. The number of aromatic nitrogens is 1. The van der Waals surface area contributed by atoms with Crippen molar-refractivity contribution in [3.05, 3.63) is 84.7 Å². The van der Waals surface area contributed by atoms with Gasteiger partial charge in [-0.3, -0.25) is 14.7 Å². The summed E-state index contributed by atoms with van der Waals surface area (Å²) in [5, 5.41) is 0. The second-order valence-corrected chi connectivity index (χ2v) is 9.98. The Morgan fingerprint density at radius 2 is 1.48 bits per heavy atom. The molecule has 1 atom stereocenters. The van der Waals surface area contributed by atoms with E-state index in [9.17, 15) is 13.2 Å². The first kappa shape index (κ1) is 21.2. The van der Waals surface area contributed by atoms with Crippen LogP contribution >= 0.6 is 0 Å². The number of carbonyl (C=O) groups is 1. The average molecular weight is 436 g/mol. The van der Waals surface area contributed by atoms with E-state index < -0.39 is 15.9 Å². The van der Waals surface area contributed by atoms with Crippen molar-refractivity contribution in [2.45, 2.75) is 6.04 Å². The van der Waals surface area contributed by atoms with Gasteiger partial charge in [0, 0.05) is 38.2 Å². The molecule has 3 aromatic rings. The molecule has 1 aromatic heterocycles. The van der Waals surface area contributed by atoms with Crippen molar-refractivity contribution in [3.63, 3.8) is 0 Å². The smallest absolute Gasteiger partial charge is 0.248 e. The third kappa shape index (κ3) is 4.84. The number of sulfone groups is 1. The Bertz CT molecular complexity index is 1120. The summed E-state index contributed by atoms with van der Waals surface area (Å²) >= 11 is 0. The van der Waals surface area contributed by atoms with Gasteiger partial charge in [0.15, 0.2) is 9.84 Å². The molecule has 1 aliphatic rings. The monoisotopic (exact) mass is 435 g/mol. The molecule has 0 bridgehead atoms. The van der Waals surface area contributed by atoms with Gasteiger partial charge in [-0.1, -0.05) is 42.5 Å². The molecule has 1 fully saturated rings. The molecular weight excluding hydrogens is 410 g/mol. The highest BCUT2D eigenvalue weighted by Crippen LogP contribution is 2.28. The maximum atomic E-state index is 13.6. The first-order valence-corrected chi connectivity index (χ1v) is 12.0. The normalized spacial score (nSPS) is 17.1. The van der Waals surface area contributed by atoms with Crippen LogP contribution in [0.5, 0.6) is 0 Å². The van der Waals surface area contributed by atoms with Crippen molar-refractivity contribution in [3.8, 4) is 11.1 Å². The van der Waals surface area contributed by atoms with E-state index >= 15 is 0 Å². The molecule has 0 saturated carbocycles. The summed E-state index contributed by atoms with van der Waals surface area (Å²) in [5.41, 5.74) is 3.76. The fourth-order valence-corrected chi connectivity index (χ4v) is 5.09. The Morgan fingerprint density at radius 3 is 2.10 bits per heavy atom. The molecule has 1 saturated heterocycles. The molecule has 0 N–H and O–H groups in total. The van der Waals surface area contributed by atoms with Gasteiger partial charge >= 0.3 is 0 Å². The van der Waals surface area contributed by atoms with Gasteiger partial charge in [-0.2, -0.15) is 0 Å². The van der Waals surface area contributed by atoms with E-state index in [4.69, 9.17) is 0 Å². The molecule has 0 spiro atoms. The van der Waals surface area contributed by atoms with E-state index in [0.29, 0.717) is 13.1 Å². The lowest BCUT2D eigenvalue weighted by Crippen LogP contribution is -2.48. The quantitative estimate of drug-likeness (QED) is 0.616. The predicted octanol–water partition coefficient (Wildman–Crippen LogP) is 3.18. The number of amides is 1. The number of likely N-dealkylation sites (N-methyl/N-ethyl adjacent to an activating group) is 1. The zero-order chi connectivity index (χ0) is 21.8. The van der Waals surface area contributed by atoms with E-state index in [-0.39, 0.29) is 17.4 Å². The summed E-state index contributed by atoms with van der Waals surface area (Å²) in [6.45, 7) is 0.699. The first-order valence-electron chi connectivity index (χ1n) is 10.2. The number of carbonyl (C=O) groups excluding carboxylic acids is 1. The lowest BCUT2D eigenvalue weighted by atomic mass is 10.0. The first-order chi connectivity index (χ1) is 14.9. The van der Waals surface area contributed by atoms with Crippen molar-refractivity contribution in [1.29, 1.82) is 0 Å². The fraction of sp³-hybridized carbons (Fsp3) is 0.250. The molecule has 0 radical (unpaired) electrons. The van der Waals surface area contributed by atoms with Crippen LogP contribution in [0.2, 0.25) is 0 Å². The minimum Gasteiger partial charge on any atom is -0.314 e. The Kier molecular flexibility index (Phi) is 6.15. The summed E-state index contributed by atoms with van der Waals surface area (Å²) in [4.78, 5) is 21.3. The number of hydrogen-bond acceptors (Lipinski definition) is 5. The highest BCUT2D eigenvalue weighted by Gasteiger charge is 2.34. The number of benzene rings is 2. The number of anilines is 1. The second kappa shape index (κ2) is 8.99. The van der Waals surface area contributed by atoms with Crippen LogP contribution in [0.3, 0.4) is 0 Å². The fourth-order valence-electron chi connectivity index (χ4n) is 3.86. The molecule has 6 nitrogen and oxygen atoms in total. The average Bonchev–Trinajstić information content (AvgIpc) is 2.81. The van der Waals surface area contributed by atoms with Gasteiger partial charge in [0.25, 0.3) is 0 Å². The molecule has 31 heavy (non-hydrogen) atoms. The van der Waals surface area contributed by atoms with Crippen molar-refractivity contribution < 1.29 is 13.2 Å². The second-order valence-electron chi connectivity index (χ2n) is 7.68. The van der Waals surface area contributed by atoms with Gasteiger partial charge in [-0.15, -0.1) is 0 Å². The SMILES string of the molecule is CN(C(=O)C(c1ccccc1)N1CCS(=O)(=O)CC1)c1ccc(-c2ccncc2)cc1. The van der Waals surface area contributed by atoms with E-state index in [1.807, 2.05) is 71.6 Å². The van der Waals surface area contributed by atoms with Crippen LogP contribution < -0.4 is 4.90 Å². The molecule has 2 aromatic carbocycles. The Labute approximate surface area is 183 Å². The minimum atomic E-state index is -3.03.